The number of fused-ring (bicyclic) bond motifs is 4. The van der Waals surface area contributed by atoms with E-state index in [1.54, 1.807) is 0 Å². The van der Waals surface area contributed by atoms with E-state index in [2.05, 4.69) is 192 Å². The van der Waals surface area contributed by atoms with Crippen LogP contribution in [0.5, 0.6) is 0 Å². The first-order valence-electron chi connectivity index (χ1n) is 17.1. The van der Waals surface area contributed by atoms with Crippen LogP contribution in [-0.4, -0.2) is 6.88 Å². The van der Waals surface area contributed by atoms with E-state index < -0.39 is 0 Å². The van der Waals surface area contributed by atoms with Gasteiger partial charge in [0.05, 0.1) is 0 Å². The van der Waals surface area contributed by atoms with Gasteiger partial charge in [-0.1, -0.05) is 163 Å². The van der Waals surface area contributed by atoms with Crippen molar-refractivity contribution in [2.75, 3.05) is 0 Å². The van der Waals surface area contributed by atoms with Crippen molar-refractivity contribution in [1.29, 1.82) is 0 Å². The van der Waals surface area contributed by atoms with Gasteiger partial charge in [-0.2, -0.15) is 6.07 Å². The molecule has 0 unspecified atom stereocenters. The SMILES string of the molecule is Cc1cc2c(-c3cccc4ccccc34)ccc(C)c2[cH-]1.Cc1cccc(C)c1-c1cc2c(-c3cccc4ccccc34)cccc2[cH-]1.Cl.Cl.[CH3-].[CH3-].[Si]=[Zr]. The normalized spacial score (nSPS) is 10.1. The van der Waals surface area contributed by atoms with Crippen molar-refractivity contribution in [1.82, 2.24) is 0 Å². The summed E-state index contributed by atoms with van der Waals surface area (Å²) in [5.74, 6) is 0. The predicted molar refractivity (Wildman–Crippen MR) is 242 cm³/mol. The molecule has 0 bridgehead atoms. The molecular formula is C50H46Cl2SiZr-4. The second-order valence-electron chi connectivity index (χ2n) is 13.2. The van der Waals surface area contributed by atoms with Gasteiger partial charge in [-0.25, -0.2) is 0 Å². The molecule has 9 rings (SSSR count). The maximum absolute atomic E-state index is 3.06. The van der Waals surface area contributed by atoms with Crippen LogP contribution in [0.3, 0.4) is 0 Å². The molecule has 9 aromatic carbocycles. The first kappa shape index (κ1) is 44.4. The third kappa shape index (κ3) is 8.59. The van der Waals surface area contributed by atoms with Crippen LogP contribution < -0.4 is 0 Å². The Bertz CT molecular complexity index is 2610. The van der Waals surface area contributed by atoms with Crippen LogP contribution >= 0.6 is 24.8 Å². The summed E-state index contributed by atoms with van der Waals surface area (Å²) in [6.07, 6.45) is 0. The van der Waals surface area contributed by atoms with Gasteiger partial charge in [0.1, 0.15) is 0 Å². The third-order valence-corrected chi connectivity index (χ3v) is 9.93. The third-order valence-electron chi connectivity index (χ3n) is 9.93. The minimum absolute atomic E-state index is 0. The summed E-state index contributed by atoms with van der Waals surface area (Å²) in [5, 5.41) is 10.6. The Balaban J connectivity index is 0.000000265. The average molecular weight is 837 g/mol. The molecule has 0 aromatic heterocycles. The summed E-state index contributed by atoms with van der Waals surface area (Å²) < 4.78 is 0. The van der Waals surface area contributed by atoms with Crippen molar-refractivity contribution in [3.05, 3.63) is 195 Å². The van der Waals surface area contributed by atoms with Gasteiger partial charge in [-0.3, -0.25) is 0 Å². The van der Waals surface area contributed by atoms with Crippen molar-refractivity contribution < 1.29 is 23.3 Å². The van der Waals surface area contributed by atoms with Gasteiger partial charge < -0.3 is 14.9 Å². The van der Waals surface area contributed by atoms with Crippen LogP contribution in [0.1, 0.15) is 22.3 Å². The molecule has 0 amide bonds. The van der Waals surface area contributed by atoms with Crippen LogP contribution in [-0.2, 0) is 23.3 Å². The fraction of sp³-hybridized carbons (Fsp3) is 0.0800. The topological polar surface area (TPSA) is 0 Å². The number of aryl methyl sites for hydroxylation is 4. The van der Waals surface area contributed by atoms with Crippen LogP contribution in [0, 0.1) is 42.5 Å². The molecule has 54 heavy (non-hydrogen) atoms. The molecule has 272 valence electrons. The Kier molecular flexibility index (Phi) is 16.0. The monoisotopic (exact) mass is 834 g/mol. The number of hydrogen-bond donors (Lipinski definition) is 0. The van der Waals surface area contributed by atoms with Gasteiger partial charge in [-0.15, -0.1) is 93.4 Å². The predicted octanol–water partition coefficient (Wildman–Crippen LogP) is 15.0. The van der Waals surface area contributed by atoms with Gasteiger partial charge in [0.2, 0.25) is 0 Å². The number of benzene rings is 7. The van der Waals surface area contributed by atoms with Gasteiger partial charge in [0.15, 0.2) is 0 Å². The molecule has 0 spiro atoms. The fourth-order valence-corrected chi connectivity index (χ4v) is 7.63. The second-order valence-corrected chi connectivity index (χ2v) is 13.2. The Labute approximate surface area is 351 Å². The van der Waals surface area contributed by atoms with E-state index in [4.69, 9.17) is 0 Å². The Morgan fingerprint density at radius 2 is 0.889 bits per heavy atom. The quantitative estimate of drug-likeness (QED) is 0.123. The van der Waals surface area contributed by atoms with Crippen LogP contribution in [0.15, 0.2) is 158 Å². The first-order valence-corrected chi connectivity index (χ1v) is 21.3. The summed E-state index contributed by atoms with van der Waals surface area (Å²) in [7, 11) is 0. The molecule has 0 heterocycles. The molecule has 0 aliphatic heterocycles. The van der Waals surface area contributed by atoms with E-state index in [1.807, 2.05) is 0 Å². The number of hydrogen-bond acceptors (Lipinski definition) is 0. The van der Waals surface area contributed by atoms with Crippen molar-refractivity contribution in [2.24, 2.45) is 0 Å². The minimum atomic E-state index is 0. The second kappa shape index (κ2) is 19.5. The molecule has 0 fully saturated rings. The van der Waals surface area contributed by atoms with Crippen molar-refractivity contribution in [2.45, 2.75) is 27.7 Å². The zero-order chi connectivity index (χ0) is 34.8. The molecule has 2 radical (unpaired) electrons. The molecule has 0 nitrogen and oxygen atoms in total. The van der Waals surface area contributed by atoms with E-state index in [0.717, 1.165) is 0 Å². The van der Waals surface area contributed by atoms with Crippen molar-refractivity contribution >= 4 is 74.8 Å². The van der Waals surface area contributed by atoms with E-state index >= 15 is 0 Å². The number of rotatable bonds is 3. The molecule has 0 atom stereocenters. The van der Waals surface area contributed by atoms with E-state index in [-0.39, 0.29) is 39.7 Å². The van der Waals surface area contributed by atoms with Gasteiger partial charge in [-0.05, 0) is 46.5 Å². The van der Waals surface area contributed by atoms with E-state index in [0.29, 0.717) is 0 Å². The van der Waals surface area contributed by atoms with Gasteiger partial charge >= 0.3 is 30.2 Å². The van der Waals surface area contributed by atoms with E-state index in [9.17, 15) is 0 Å². The summed E-state index contributed by atoms with van der Waals surface area (Å²) in [6.45, 7) is 11.8. The maximum atomic E-state index is 3.06. The summed E-state index contributed by atoms with van der Waals surface area (Å²) in [5.41, 5.74) is 13.3. The Morgan fingerprint density at radius 3 is 1.46 bits per heavy atom. The van der Waals surface area contributed by atoms with E-state index in [1.165, 1.54) is 122 Å². The molecule has 4 heteroatoms. The molecule has 0 saturated heterocycles. The zero-order valence-electron chi connectivity index (χ0n) is 31.8. The Morgan fingerprint density at radius 1 is 0.426 bits per heavy atom. The fourth-order valence-electron chi connectivity index (χ4n) is 7.63. The molecule has 9 aromatic rings. The molecule has 0 saturated carbocycles. The van der Waals surface area contributed by atoms with Crippen molar-refractivity contribution in [3.63, 3.8) is 0 Å². The van der Waals surface area contributed by atoms with Gasteiger partial charge in [0, 0.05) is 0 Å². The molecule has 0 aliphatic carbocycles. The van der Waals surface area contributed by atoms with Crippen LogP contribution in [0.2, 0.25) is 0 Å². The number of halogens is 2. The van der Waals surface area contributed by atoms with Crippen molar-refractivity contribution in [3.8, 4) is 33.4 Å². The summed E-state index contributed by atoms with van der Waals surface area (Å²) >= 11 is 1.36. The van der Waals surface area contributed by atoms with Crippen LogP contribution in [0.25, 0.3) is 76.5 Å². The van der Waals surface area contributed by atoms with Crippen LogP contribution in [0.4, 0.5) is 0 Å². The zero-order valence-corrected chi connectivity index (χ0v) is 36.9. The summed E-state index contributed by atoms with van der Waals surface area (Å²) in [4.78, 5) is 0. The first-order chi connectivity index (χ1) is 24.5. The average Bonchev–Trinajstić information content (AvgIpc) is 3.76. The molecule has 0 aliphatic rings. The van der Waals surface area contributed by atoms with Gasteiger partial charge in [0.25, 0.3) is 0 Å². The summed E-state index contributed by atoms with van der Waals surface area (Å²) in [6, 6.07) is 57.4. The molecular weight excluding hydrogens is 791 g/mol. The Hall–Kier alpha value is -4.04. The standard InChI is InChI=1S/C27H21.C21H17.2CH3.2ClH.Si.Zr/c1-18-8-5-9-19(2)27(18)22-16-21-12-7-15-25(26(21)17-22)24-14-6-11-20-10-3-4-13-23(20)24;1-14-12-20-15(2)10-11-19(21(20)13-14)18-9-5-7-16-6-3-4-8-17(16)18;;;;;;/h3-17H,1-2H3;3-13H,1-2H3;2*1H3;2*1H;;/q4*-1;;;;. The molecule has 0 N–H and O–H groups in total.